The van der Waals surface area contributed by atoms with Crippen LogP contribution in [-0.2, 0) is 9.59 Å². The van der Waals surface area contributed by atoms with Gasteiger partial charge < -0.3 is 10.6 Å². The monoisotopic (exact) mass is 218 g/mol. The maximum atomic E-state index is 11.5. The van der Waals surface area contributed by atoms with Crippen LogP contribution in [0.3, 0.4) is 0 Å². The normalized spacial score (nSPS) is 10.8. The van der Waals surface area contributed by atoms with Crippen LogP contribution in [0.5, 0.6) is 0 Å². The van der Waals surface area contributed by atoms with Crippen molar-refractivity contribution in [2.75, 3.05) is 12.4 Å². The second kappa shape index (κ2) is 5.70. The minimum Gasteiger partial charge on any atom is -0.355 e. The van der Waals surface area contributed by atoms with Crippen LogP contribution in [0.15, 0.2) is 42.0 Å². The van der Waals surface area contributed by atoms with Crippen LogP contribution in [0.25, 0.3) is 0 Å². The van der Waals surface area contributed by atoms with Crippen molar-refractivity contribution in [1.82, 2.24) is 5.32 Å². The summed E-state index contributed by atoms with van der Waals surface area (Å²) in [5.41, 5.74) is 1.07. The van der Waals surface area contributed by atoms with E-state index < -0.39 is 0 Å². The predicted octanol–water partition coefficient (Wildman–Crippen LogP) is 1.32. The van der Waals surface area contributed by atoms with E-state index in [1.807, 2.05) is 18.2 Å². The topological polar surface area (TPSA) is 58.2 Å². The molecule has 84 valence electrons. The molecule has 0 saturated heterocycles. The van der Waals surface area contributed by atoms with E-state index in [-0.39, 0.29) is 11.8 Å². The van der Waals surface area contributed by atoms with Crippen LogP contribution < -0.4 is 10.6 Å². The summed E-state index contributed by atoms with van der Waals surface area (Å²) in [6, 6.07) is 9.07. The summed E-state index contributed by atoms with van der Waals surface area (Å²) in [6.07, 6.45) is 1.27. The molecule has 1 rings (SSSR count). The first kappa shape index (κ1) is 12.0. The van der Waals surface area contributed by atoms with Gasteiger partial charge in [0.2, 0.25) is 11.8 Å². The first-order chi connectivity index (χ1) is 7.63. The van der Waals surface area contributed by atoms with Crippen molar-refractivity contribution in [3.8, 4) is 0 Å². The minimum absolute atomic E-state index is 0.261. The molecule has 0 bridgehead atoms. The van der Waals surface area contributed by atoms with Gasteiger partial charge in [-0.15, -0.1) is 0 Å². The van der Waals surface area contributed by atoms with Gasteiger partial charge in [0, 0.05) is 24.4 Å². The molecule has 0 radical (unpaired) electrons. The molecule has 0 fully saturated rings. The molecular weight excluding hydrogens is 204 g/mol. The zero-order chi connectivity index (χ0) is 12.0. The molecule has 2 amide bonds. The standard InChI is InChI=1S/C12H14N2O2/c1-9(12(16)13-2)8-11(15)14-10-6-4-3-5-7-10/h3-8H,1-2H3,(H,13,16)(H,14,15)/b9-8+. The molecule has 0 heterocycles. The largest absolute Gasteiger partial charge is 0.355 e. The van der Waals surface area contributed by atoms with Gasteiger partial charge in [-0.3, -0.25) is 9.59 Å². The highest BCUT2D eigenvalue weighted by Crippen LogP contribution is 2.05. The van der Waals surface area contributed by atoms with Crippen molar-refractivity contribution >= 4 is 17.5 Å². The third-order valence-corrected chi connectivity index (χ3v) is 1.97. The van der Waals surface area contributed by atoms with Gasteiger partial charge in [-0.1, -0.05) is 18.2 Å². The van der Waals surface area contributed by atoms with E-state index in [0.717, 1.165) is 0 Å². The van der Waals surface area contributed by atoms with Gasteiger partial charge in [0.15, 0.2) is 0 Å². The number of hydrogen-bond acceptors (Lipinski definition) is 2. The molecular formula is C12H14N2O2. The Morgan fingerprint density at radius 1 is 1.19 bits per heavy atom. The van der Waals surface area contributed by atoms with Crippen molar-refractivity contribution < 1.29 is 9.59 Å². The molecule has 0 aliphatic rings. The van der Waals surface area contributed by atoms with Crippen LogP contribution in [0.4, 0.5) is 5.69 Å². The molecule has 0 aromatic heterocycles. The SMILES string of the molecule is CNC(=O)/C(C)=C/C(=O)Nc1ccccc1. The molecule has 4 nitrogen and oxygen atoms in total. The molecule has 0 aliphatic carbocycles. The summed E-state index contributed by atoms with van der Waals surface area (Å²) < 4.78 is 0. The highest BCUT2D eigenvalue weighted by atomic mass is 16.2. The molecule has 0 saturated carbocycles. The zero-order valence-electron chi connectivity index (χ0n) is 9.28. The molecule has 1 aromatic rings. The van der Waals surface area contributed by atoms with Crippen molar-refractivity contribution in [3.63, 3.8) is 0 Å². The quantitative estimate of drug-likeness (QED) is 0.752. The lowest BCUT2D eigenvalue weighted by atomic mass is 10.2. The number of benzene rings is 1. The Balaban J connectivity index is 2.64. The van der Waals surface area contributed by atoms with E-state index in [1.54, 1.807) is 19.1 Å². The Morgan fingerprint density at radius 3 is 2.38 bits per heavy atom. The fraction of sp³-hybridized carbons (Fsp3) is 0.167. The second-order valence-electron chi connectivity index (χ2n) is 3.26. The number of nitrogens with one attached hydrogen (secondary N) is 2. The lowest BCUT2D eigenvalue weighted by Crippen LogP contribution is -2.20. The van der Waals surface area contributed by atoms with Gasteiger partial charge in [-0.25, -0.2) is 0 Å². The summed E-state index contributed by atoms with van der Waals surface area (Å²) in [5.74, 6) is -0.574. The number of hydrogen-bond donors (Lipinski definition) is 2. The van der Waals surface area contributed by atoms with Gasteiger partial charge in [0.05, 0.1) is 0 Å². The number of carbonyl (C=O) groups excluding carboxylic acids is 2. The van der Waals surface area contributed by atoms with Crippen molar-refractivity contribution in [2.45, 2.75) is 6.92 Å². The number of carbonyl (C=O) groups is 2. The summed E-state index contributed by atoms with van der Waals surface area (Å²) in [5, 5.41) is 5.10. The third-order valence-electron chi connectivity index (χ3n) is 1.97. The van der Waals surface area contributed by atoms with Crippen molar-refractivity contribution in [3.05, 3.63) is 42.0 Å². The van der Waals surface area contributed by atoms with Crippen molar-refractivity contribution in [1.29, 1.82) is 0 Å². The maximum Gasteiger partial charge on any atom is 0.248 e. The van der Waals surface area contributed by atoms with E-state index in [9.17, 15) is 9.59 Å². The van der Waals surface area contributed by atoms with Gasteiger partial charge >= 0.3 is 0 Å². The van der Waals surface area contributed by atoms with E-state index in [0.29, 0.717) is 11.3 Å². The first-order valence-electron chi connectivity index (χ1n) is 4.90. The average Bonchev–Trinajstić information content (AvgIpc) is 2.29. The maximum absolute atomic E-state index is 11.5. The number of para-hydroxylation sites is 1. The van der Waals surface area contributed by atoms with Gasteiger partial charge in [0.1, 0.15) is 0 Å². The Kier molecular flexibility index (Phi) is 4.27. The Hall–Kier alpha value is -2.10. The molecule has 2 N–H and O–H groups in total. The van der Waals surface area contributed by atoms with E-state index in [4.69, 9.17) is 0 Å². The molecule has 0 spiro atoms. The average molecular weight is 218 g/mol. The summed E-state index contributed by atoms with van der Waals surface area (Å²) >= 11 is 0. The molecule has 1 aromatic carbocycles. The number of anilines is 1. The number of likely N-dealkylation sites (N-methyl/N-ethyl adjacent to an activating group) is 1. The highest BCUT2D eigenvalue weighted by molar-refractivity contribution is 6.05. The predicted molar refractivity (Wildman–Crippen MR) is 62.9 cm³/mol. The summed E-state index contributed by atoms with van der Waals surface area (Å²) in [7, 11) is 1.52. The fourth-order valence-corrected chi connectivity index (χ4v) is 1.16. The summed E-state index contributed by atoms with van der Waals surface area (Å²) in [6.45, 7) is 1.59. The molecule has 0 atom stereocenters. The second-order valence-corrected chi connectivity index (χ2v) is 3.26. The Morgan fingerprint density at radius 2 is 1.81 bits per heavy atom. The Bertz CT molecular complexity index is 410. The Labute approximate surface area is 94.4 Å². The van der Waals surface area contributed by atoms with Crippen molar-refractivity contribution in [2.24, 2.45) is 0 Å². The fourth-order valence-electron chi connectivity index (χ4n) is 1.16. The zero-order valence-corrected chi connectivity index (χ0v) is 9.28. The highest BCUT2D eigenvalue weighted by Gasteiger charge is 2.04. The van der Waals surface area contributed by atoms with E-state index in [2.05, 4.69) is 10.6 Å². The van der Waals surface area contributed by atoms with Crippen LogP contribution >= 0.6 is 0 Å². The lowest BCUT2D eigenvalue weighted by molar-refractivity contribution is -0.117. The van der Waals surface area contributed by atoms with Gasteiger partial charge in [-0.05, 0) is 19.1 Å². The molecule has 0 aliphatic heterocycles. The smallest absolute Gasteiger partial charge is 0.248 e. The molecule has 0 unspecified atom stereocenters. The summed E-state index contributed by atoms with van der Waals surface area (Å²) in [4.78, 5) is 22.6. The van der Waals surface area contributed by atoms with Crippen LogP contribution in [0, 0.1) is 0 Å². The van der Waals surface area contributed by atoms with E-state index in [1.165, 1.54) is 13.1 Å². The number of amides is 2. The lowest BCUT2D eigenvalue weighted by Gasteiger charge is -2.02. The minimum atomic E-state index is -0.313. The van der Waals surface area contributed by atoms with Gasteiger partial charge in [-0.2, -0.15) is 0 Å². The first-order valence-corrected chi connectivity index (χ1v) is 4.90. The van der Waals surface area contributed by atoms with Gasteiger partial charge in [0.25, 0.3) is 0 Å². The van der Waals surface area contributed by atoms with Crippen LogP contribution in [0.2, 0.25) is 0 Å². The molecule has 16 heavy (non-hydrogen) atoms. The van der Waals surface area contributed by atoms with E-state index >= 15 is 0 Å². The van der Waals surface area contributed by atoms with Crippen LogP contribution in [-0.4, -0.2) is 18.9 Å². The number of rotatable bonds is 3. The molecule has 4 heteroatoms. The van der Waals surface area contributed by atoms with Crippen LogP contribution in [0.1, 0.15) is 6.92 Å². The third kappa shape index (κ3) is 3.57.